The molecule has 0 saturated carbocycles. The molecule has 3 aromatic rings. The molecule has 5 nitrogen and oxygen atoms in total. The van der Waals surface area contributed by atoms with Crippen LogP contribution in [0.3, 0.4) is 0 Å². The summed E-state index contributed by atoms with van der Waals surface area (Å²) in [5.41, 5.74) is 3.16. The molecule has 0 atom stereocenters. The van der Waals surface area contributed by atoms with Crippen molar-refractivity contribution in [2.24, 2.45) is 0 Å². The van der Waals surface area contributed by atoms with Crippen molar-refractivity contribution in [3.63, 3.8) is 0 Å². The lowest BCUT2D eigenvalue weighted by molar-refractivity contribution is -0.117. The van der Waals surface area contributed by atoms with Gasteiger partial charge >= 0.3 is 0 Å². The summed E-state index contributed by atoms with van der Waals surface area (Å²) in [5.74, 6) is -0.613. The third kappa shape index (κ3) is 6.32. The molecule has 0 bridgehead atoms. The Morgan fingerprint density at radius 2 is 1.68 bits per heavy atom. The van der Waals surface area contributed by atoms with Crippen molar-refractivity contribution >= 4 is 23.6 Å². The predicted molar refractivity (Wildman–Crippen MR) is 133 cm³/mol. The number of nitrogens with one attached hydrogen (secondary N) is 2. The molecular formula is C28H28FN3O2. The molecule has 0 spiro atoms. The van der Waals surface area contributed by atoms with Crippen LogP contribution < -0.4 is 15.5 Å². The Morgan fingerprint density at radius 3 is 2.44 bits per heavy atom. The van der Waals surface area contributed by atoms with Gasteiger partial charge in [-0.15, -0.1) is 0 Å². The number of halogens is 1. The molecule has 2 amide bonds. The number of benzene rings is 3. The minimum Gasteiger partial charge on any atom is -0.371 e. The minimum absolute atomic E-state index is 0.0955. The summed E-state index contributed by atoms with van der Waals surface area (Å²) in [7, 11) is 0. The molecule has 1 fully saturated rings. The molecule has 1 saturated heterocycles. The van der Waals surface area contributed by atoms with Gasteiger partial charge < -0.3 is 15.5 Å². The SMILES string of the molecule is O=C(/C=C/c1ccccc1)NC1CCN(c2ccccc2C(=O)NCc2cccc(F)c2)CC1. The highest BCUT2D eigenvalue weighted by atomic mass is 19.1. The Bertz CT molecular complexity index is 1160. The van der Waals surface area contributed by atoms with E-state index >= 15 is 0 Å². The van der Waals surface area contributed by atoms with Gasteiger partial charge in [-0.2, -0.15) is 0 Å². The second kappa shape index (κ2) is 11.3. The fourth-order valence-electron chi connectivity index (χ4n) is 4.12. The number of anilines is 1. The van der Waals surface area contributed by atoms with Gasteiger partial charge in [0.05, 0.1) is 5.56 Å². The average molecular weight is 458 g/mol. The fraction of sp³-hybridized carbons (Fsp3) is 0.214. The van der Waals surface area contributed by atoms with E-state index in [2.05, 4.69) is 15.5 Å². The summed E-state index contributed by atoms with van der Waals surface area (Å²) in [6.45, 7) is 1.73. The van der Waals surface area contributed by atoms with Crippen LogP contribution in [0.4, 0.5) is 10.1 Å². The molecule has 1 heterocycles. The first-order chi connectivity index (χ1) is 16.6. The number of carbonyl (C=O) groups is 2. The lowest BCUT2D eigenvalue weighted by atomic mass is 10.0. The molecule has 1 aliphatic heterocycles. The summed E-state index contributed by atoms with van der Waals surface area (Å²) >= 11 is 0. The van der Waals surface area contributed by atoms with Gasteiger partial charge in [0, 0.05) is 37.4 Å². The Labute approximate surface area is 199 Å². The van der Waals surface area contributed by atoms with Gasteiger partial charge in [0.1, 0.15) is 5.82 Å². The van der Waals surface area contributed by atoms with E-state index in [0.29, 0.717) is 11.1 Å². The predicted octanol–water partition coefficient (Wildman–Crippen LogP) is 4.55. The quantitative estimate of drug-likeness (QED) is 0.512. The fourth-order valence-corrected chi connectivity index (χ4v) is 4.12. The molecule has 6 heteroatoms. The van der Waals surface area contributed by atoms with Crippen molar-refractivity contribution in [2.45, 2.75) is 25.4 Å². The molecule has 0 aromatic heterocycles. The Morgan fingerprint density at radius 1 is 0.941 bits per heavy atom. The first-order valence-electron chi connectivity index (χ1n) is 11.5. The zero-order valence-corrected chi connectivity index (χ0v) is 18.9. The molecule has 2 N–H and O–H groups in total. The van der Waals surface area contributed by atoms with E-state index in [1.807, 2.05) is 54.6 Å². The highest BCUT2D eigenvalue weighted by molar-refractivity contribution is 5.99. The third-order valence-corrected chi connectivity index (χ3v) is 5.90. The Balaban J connectivity index is 1.31. The van der Waals surface area contributed by atoms with Gasteiger partial charge in [0.2, 0.25) is 5.91 Å². The van der Waals surface area contributed by atoms with Crippen molar-refractivity contribution in [3.8, 4) is 0 Å². The second-order valence-corrected chi connectivity index (χ2v) is 8.34. The summed E-state index contributed by atoms with van der Waals surface area (Å²) in [6.07, 6.45) is 4.97. The van der Waals surface area contributed by atoms with Crippen LogP contribution in [0, 0.1) is 5.82 Å². The number of para-hydroxylation sites is 1. The van der Waals surface area contributed by atoms with Crippen LogP contribution in [-0.4, -0.2) is 30.9 Å². The molecule has 174 valence electrons. The number of nitrogens with zero attached hydrogens (tertiary/aromatic N) is 1. The van der Waals surface area contributed by atoms with Crippen LogP contribution in [-0.2, 0) is 11.3 Å². The maximum absolute atomic E-state index is 13.4. The van der Waals surface area contributed by atoms with Crippen molar-refractivity contribution in [3.05, 3.63) is 107 Å². The molecule has 0 unspecified atom stereocenters. The molecule has 0 radical (unpaired) electrons. The lowest BCUT2D eigenvalue weighted by Crippen LogP contribution is -2.44. The van der Waals surface area contributed by atoms with Gasteiger partial charge in [-0.1, -0.05) is 54.6 Å². The number of rotatable bonds is 7. The van der Waals surface area contributed by atoms with Gasteiger partial charge in [0.15, 0.2) is 0 Å². The van der Waals surface area contributed by atoms with Gasteiger partial charge in [-0.3, -0.25) is 9.59 Å². The van der Waals surface area contributed by atoms with Crippen molar-refractivity contribution in [2.75, 3.05) is 18.0 Å². The van der Waals surface area contributed by atoms with Crippen LogP contribution in [0.25, 0.3) is 6.08 Å². The topological polar surface area (TPSA) is 61.4 Å². The van der Waals surface area contributed by atoms with Crippen LogP contribution in [0.5, 0.6) is 0 Å². The van der Waals surface area contributed by atoms with Crippen LogP contribution >= 0.6 is 0 Å². The van der Waals surface area contributed by atoms with E-state index in [1.165, 1.54) is 12.1 Å². The monoisotopic (exact) mass is 457 g/mol. The van der Waals surface area contributed by atoms with E-state index in [1.54, 1.807) is 24.3 Å². The third-order valence-electron chi connectivity index (χ3n) is 5.90. The Hall–Kier alpha value is -3.93. The molecule has 3 aromatic carbocycles. The molecule has 1 aliphatic rings. The van der Waals surface area contributed by atoms with Crippen LogP contribution in [0.2, 0.25) is 0 Å². The van der Waals surface area contributed by atoms with E-state index in [9.17, 15) is 14.0 Å². The number of hydrogen-bond donors (Lipinski definition) is 2. The number of piperidine rings is 1. The van der Waals surface area contributed by atoms with Crippen molar-refractivity contribution < 1.29 is 14.0 Å². The summed E-state index contributed by atoms with van der Waals surface area (Å²) in [5, 5.41) is 5.97. The number of amides is 2. The first kappa shape index (κ1) is 23.2. The highest BCUT2D eigenvalue weighted by Gasteiger charge is 2.23. The van der Waals surface area contributed by atoms with Crippen LogP contribution in [0.1, 0.15) is 34.3 Å². The smallest absolute Gasteiger partial charge is 0.253 e. The van der Waals surface area contributed by atoms with Gasteiger partial charge in [-0.05, 0) is 54.3 Å². The standard InChI is InChI=1S/C28H28FN3O2/c29-23-10-6-9-22(19-23)20-30-28(34)25-11-4-5-12-26(25)32-17-15-24(16-18-32)31-27(33)14-13-21-7-2-1-3-8-21/h1-14,19,24H,15-18,20H2,(H,30,34)(H,31,33)/b14-13+. The van der Waals surface area contributed by atoms with E-state index in [4.69, 9.17) is 0 Å². The van der Waals surface area contributed by atoms with Gasteiger partial charge in [-0.25, -0.2) is 4.39 Å². The maximum Gasteiger partial charge on any atom is 0.253 e. The van der Waals surface area contributed by atoms with Crippen molar-refractivity contribution in [1.82, 2.24) is 10.6 Å². The number of carbonyl (C=O) groups excluding carboxylic acids is 2. The second-order valence-electron chi connectivity index (χ2n) is 8.34. The molecule has 0 aliphatic carbocycles. The van der Waals surface area contributed by atoms with E-state index in [-0.39, 0.29) is 30.2 Å². The summed E-state index contributed by atoms with van der Waals surface area (Å²) in [6, 6.07) is 23.5. The summed E-state index contributed by atoms with van der Waals surface area (Å²) < 4.78 is 13.4. The zero-order valence-electron chi connectivity index (χ0n) is 18.9. The normalized spacial score (nSPS) is 14.2. The average Bonchev–Trinajstić information content (AvgIpc) is 2.87. The first-order valence-corrected chi connectivity index (χ1v) is 11.5. The van der Waals surface area contributed by atoms with E-state index < -0.39 is 0 Å². The van der Waals surface area contributed by atoms with Crippen molar-refractivity contribution in [1.29, 1.82) is 0 Å². The molecule has 4 rings (SSSR count). The molecular weight excluding hydrogens is 429 g/mol. The molecule has 34 heavy (non-hydrogen) atoms. The van der Waals surface area contributed by atoms with Crippen LogP contribution in [0.15, 0.2) is 84.9 Å². The van der Waals surface area contributed by atoms with E-state index in [0.717, 1.165) is 37.2 Å². The Kier molecular flexibility index (Phi) is 7.71. The van der Waals surface area contributed by atoms with Gasteiger partial charge in [0.25, 0.3) is 5.91 Å². The minimum atomic E-state index is -0.322. The highest BCUT2D eigenvalue weighted by Crippen LogP contribution is 2.24. The lowest BCUT2D eigenvalue weighted by Gasteiger charge is -2.34. The number of hydrogen-bond acceptors (Lipinski definition) is 3. The maximum atomic E-state index is 13.4. The summed E-state index contributed by atoms with van der Waals surface area (Å²) in [4.78, 5) is 27.4. The largest absolute Gasteiger partial charge is 0.371 e. The zero-order chi connectivity index (χ0) is 23.8.